The number of thiol groups is 1. The molecule has 0 saturated carbocycles. The molecule has 3 heteroatoms. The minimum Gasteiger partial charge on any atom is -0.353 e. The summed E-state index contributed by atoms with van der Waals surface area (Å²) in [5.74, 6) is 0. The summed E-state index contributed by atoms with van der Waals surface area (Å²) >= 11 is 6.30. The summed E-state index contributed by atoms with van der Waals surface area (Å²) in [6, 6.07) is 10.5. The standard InChI is InChI=1S/C11H13NS2/c1-8-10(12(2)11(13)14-8)9-6-4-3-5-7-9/h3-7,11,13H,1-2H3. The molecule has 0 saturated heterocycles. The van der Waals surface area contributed by atoms with Crippen LogP contribution in [0.25, 0.3) is 5.70 Å². The second-order valence-corrected chi connectivity index (χ2v) is 5.46. The van der Waals surface area contributed by atoms with Gasteiger partial charge in [0.25, 0.3) is 0 Å². The molecule has 0 radical (unpaired) electrons. The van der Waals surface area contributed by atoms with Crippen LogP contribution in [0.3, 0.4) is 0 Å². The minimum atomic E-state index is 0.255. The predicted molar refractivity (Wildman–Crippen MR) is 67.2 cm³/mol. The van der Waals surface area contributed by atoms with E-state index in [-0.39, 0.29) is 4.71 Å². The summed E-state index contributed by atoms with van der Waals surface area (Å²) in [5, 5.41) is 0. The van der Waals surface area contributed by atoms with E-state index < -0.39 is 0 Å². The molecule has 0 N–H and O–H groups in total. The Hall–Kier alpha value is -0.540. The van der Waals surface area contributed by atoms with Gasteiger partial charge < -0.3 is 4.90 Å². The highest BCUT2D eigenvalue weighted by molar-refractivity contribution is 8.13. The Morgan fingerprint density at radius 2 is 1.93 bits per heavy atom. The molecule has 0 aromatic heterocycles. The fraction of sp³-hybridized carbons (Fsp3) is 0.273. The van der Waals surface area contributed by atoms with Gasteiger partial charge >= 0.3 is 0 Å². The maximum atomic E-state index is 4.50. The van der Waals surface area contributed by atoms with Gasteiger partial charge in [-0.1, -0.05) is 42.1 Å². The molecule has 0 bridgehead atoms. The fourth-order valence-corrected chi connectivity index (χ4v) is 3.20. The molecule has 1 unspecified atom stereocenters. The van der Waals surface area contributed by atoms with Crippen LogP contribution in [0.5, 0.6) is 0 Å². The number of hydrogen-bond acceptors (Lipinski definition) is 3. The zero-order valence-corrected chi connectivity index (χ0v) is 9.98. The van der Waals surface area contributed by atoms with Crippen LogP contribution >= 0.6 is 24.4 Å². The monoisotopic (exact) mass is 223 g/mol. The zero-order valence-electron chi connectivity index (χ0n) is 8.27. The van der Waals surface area contributed by atoms with Crippen molar-refractivity contribution in [2.24, 2.45) is 0 Å². The molecule has 1 aromatic rings. The molecular weight excluding hydrogens is 210 g/mol. The zero-order chi connectivity index (χ0) is 10.1. The van der Waals surface area contributed by atoms with Crippen molar-refractivity contribution >= 4 is 30.1 Å². The van der Waals surface area contributed by atoms with Gasteiger partial charge in [0.2, 0.25) is 0 Å². The second-order valence-electron chi connectivity index (χ2n) is 3.33. The average Bonchev–Trinajstić information content (AvgIpc) is 2.43. The van der Waals surface area contributed by atoms with Gasteiger partial charge in [-0.25, -0.2) is 0 Å². The highest BCUT2D eigenvalue weighted by Crippen LogP contribution is 2.42. The normalized spacial score (nSPS) is 21.9. The molecule has 0 amide bonds. The molecule has 0 spiro atoms. The first-order chi connectivity index (χ1) is 6.70. The lowest BCUT2D eigenvalue weighted by molar-refractivity contribution is 0.551. The van der Waals surface area contributed by atoms with Gasteiger partial charge in [0.05, 0.1) is 5.70 Å². The highest BCUT2D eigenvalue weighted by Gasteiger charge is 2.25. The third kappa shape index (κ3) is 1.66. The molecule has 74 valence electrons. The number of thioether (sulfide) groups is 1. The van der Waals surface area contributed by atoms with Gasteiger partial charge in [0.1, 0.15) is 4.71 Å². The van der Waals surface area contributed by atoms with Crippen LogP contribution in [0.1, 0.15) is 12.5 Å². The summed E-state index contributed by atoms with van der Waals surface area (Å²) in [4.78, 5) is 3.55. The van der Waals surface area contributed by atoms with E-state index >= 15 is 0 Å². The SMILES string of the molecule is CC1=C(c2ccccc2)N(C)C(S)S1. The van der Waals surface area contributed by atoms with Crippen LogP contribution in [-0.4, -0.2) is 16.7 Å². The van der Waals surface area contributed by atoms with Crippen molar-refractivity contribution in [3.05, 3.63) is 40.8 Å². The summed E-state index contributed by atoms with van der Waals surface area (Å²) in [7, 11) is 2.09. The Morgan fingerprint density at radius 1 is 1.29 bits per heavy atom. The summed E-state index contributed by atoms with van der Waals surface area (Å²) < 4.78 is 0.255. The highest BCUT2D eigenvalue weighted by atomic mass is 32.2. The lowest BCUT2D eigenvalue weighted by Crippen LogP contribution is -2.17. The second kappa shape index (κ2) is 3.91. The van der Waals surface area contributed by atoms with E-state index in [0.717, 1.165) is 0 Å². The number of hydrogen-bond donors (Lipinski definition) is 1. The lowest BCUT2D eigenvalue weighted by atomic mass is 10.1. The molecule has 2 rings (SSSR count). The predicted octanol–water partition coefficient (Wildman–Crippen LogP) is 3.27. The summed E-state index contributed by atoms with van der Waals surface area (Å²) in [6.07, 6.45) is 0. The number of rotatable bonds is 1. The van der Waals surface area contributed by atoms with Crippen molar-refractivity contribution in [1.82, 2.24) is 4.90 Å². The maximum Gasteiger partial charge on any atom is 0.123 e. The Balaban J connectivity index is 2.40. The van der Waals surface area contributed by atoms with E-state index in [1.807, 2.05) is 6.07 Å². The van der Waals surface area contributed by atoms with E-state index in [0.29, 0.717) is 0 Å². The lowest BCUT2D eigenvalue weighted by Gasteiger charge is -2.20. The molecule has 1 atom stereocenters. The largest absolute Gasteiger partial charge is 0.353 e. The van der Waals surface area contributed by atoms with Crippen molar-refractivity contribution in [3.63, 3.8) is 0 Å². The van der Waals surface area contributed by atoms with Crippen molar-refractivity contribution in [2.75, 3.05) is 7.05 Å². The van der Waals surface area contributed by atoms with Gasteiger partial charge in [-0.2, -0.15) is 0 Å². The van der Waals surface area contributed by atoms with Crippen LogP contribution < -0.4 is 0 Å². The van der Waals surface area contributed by atoms with Crippen LogP contribution in [0.4, 0.5) is 0 Å². The quantitative estimate of drug-likeness (QED) is 0.728. The van der Waals surface area contributed by atoms with Crippen LogP contribution in [0.15, 0.2) is 35.2 Å². The summed E-state index contributed by atoms with van der Waals surface area (Å²) in [6.45, 7) is 2.15. The molecule has 1 heterocycles. The molecule has 1 aromatic carbocycles. The van der Waals surface area contributed by atoms with Crippen LogP contribution in [-0.2, 0) is 0 Å². The molecule has 0 aliphatic carbocycles. The molecule has 1 aliphatic heterocycles. The Bertz CT molecular complexity index is 359. The Kier molecular flexibility index (Phi) is 2.79. The van der Waals surface area contributed by atoms with E-state index in [1.54, 1.807) is 11.8 Å². The molecule has 14 heavy (non-hydrogen) atoms. The topological polar surface area (TPSA) is 3.24 Å². The van der Waals surface area contributed by atoms with Gasteiger partial charge in [-0.05, 0) is 12.5 Å². The van der Waals surface area contributed by atoms with E-state index in [9.17, 15) is 0 Å². The average molecular weight is 223 g/mol. The molecule has 1 nitrogen and oxygen atoms in total. The van der Waals surface area contributed by atoms with Crippen molar-refractivity contribution in [1.29, 1.82) is 0 Å². The maximum absolute atomic E-state index is 4.50. The fourth-order valence-electron chi connectivity index (χ4n) is 1.65. The summed E-state index contributed by atoms with van der Waals surface area (Å²) in [5.41, 5.74) is 2.58. The van der Waals surface area contributed by atoms with Crippen molar-refractivity contribution in [3.8, 4) is 0 Å². The first kappa shape index (κ1) is 9.99. The molecular formula is C11H13NS2. The Morgan fingerprint density at radius 3 is 2.43 bits per heavy atom. The number of benzene rings is 1. The van der Waals surface area contributed by atoms with Crippen molar-refractivity contribution in [2.45, 2.75) is 11.6 Å². The van der Waals surface area contributed by atoms with Crippen LogP contribution in [0, 0.1) is 0 Å². The van der Waals surface area contributed by atoms with E-state index in [2.05, 4.69) is 55.8 Å². The Labute approximate surface area is 94.6 Å². The molecule has 1 aliphatic rings. The third-order valence-electron chi connectivity index (χ3n) is 2.35. The molecule has 0 fully saturated rings. The van der Waals surface area contributed by atoms with Gasteiger partial charge in [-0.15, -0.1) is 12.6 Å². The number of allylic oxidation sites excluding steroid dienone is 1. The van der Waals surface area contributed by atoms with Gasteiger partial charge in [0.15, 0.2) is 0 Å². The van der Waals surface area contributed by atoms with Crippen molar-refractivity contribution < 1.29 is 0 Å². The third-order valence-corrected chi connectivity index (χ3v) is 4.08. The van der Waals surface area contributed by atoms with Crippen LogP contribution in [0.2, 0.25) is 0 Å². The number of nitrogens with zero attached hydrogens (tertiary/aromatic N) is 1. The van der Waals surface area contributed by atoms with E-state index in [1.165, 1.54) is 16.2 Å². The van der Waals surface area contributed by atoms with E-state index in [4.69, 9.17) is 0 Å². The van der Waals surface area contributed by atoms with Gasteiger partial charge in [-0.3, -0.25) is 0 Å². The minimum absolute atomic E-state index is 0.255. The first-order valence-electron chi connectivity index (χ1n) is 4.54. The first-order valence-corrected chi connectivity index (χ1v) is 5.93. The van der Waals surface area contributed by atoms with Gasteiger partial charge in [0, 0.05) is 12.0 Å². The smallest absolute Gasteiger partial charge is 0.123 e.